The van der Waals surface area contributed by atoms with E-state index in [-0.39, 0.29) is 17.6 Å². The first kappa shape index (κ1) is 26.5. The second-order valence-electron chi connectivity index (χ2n) is 10.1. The fourth-order valence-corrected chi connectivity index (χ4v) is 5.71. The summed E-state index contributed by atoms with van der Waals surface area (Å²) in [6, 6.07) is 16.9. The largest absolute Gasteiger partial charge is 0.493 e. The Bertz CT molecular complexity index is 1390. The molecule has 0 radical (unpaired) electrons. The molecule has 2 heterocycles. The third-order valence-corrected chi connectivity index (χ3v) is 7.63. The number of Topliss-reactive ketones (excluding diaryl/α,β-unsaturated/α-hetero) is 1. The molecule has 0 bridgehead atoms. The number of ether oxygens (including phenoxy) is 2. The van der Waals surface area contributed by atoms with Crippen molar-refractivity contribution in [3.8, 4) is 11.5 Å². The van der Waals surface area contributed by atoms with Gasteiger partial charge in [0.2, 0.25) is 5.91 Å². The summed E-state index contributed by atoms with van der Waals surface area (Å²) >= 11 is 0. The van der Waals surface area contributed by atoms with E-state index in [0.717, 1.165) is 47.5 Å². The molecule has 0 fully saturated rings. The zero-order valence-electron chi connectivity index (χ0n) is 22.8. The van der Waals surface area contributed by atoms with Crippen LogP contribution in [0.3, 0.4) is 0 Å². The molecule has 202 valence electrons. The average molecular weight is 526 g/mol. The lowest BCUT2D eigenvalue weighted by molar-refractivity contribution is -0.119. The molecule has 39 heavy (non-hydrogen) atoms. The molecule has 1 amide bonds. The molecule has 3 aromatic rings. The summed E-state index contributed by atoms with van der Waals surface area (Å²) in [6.07, 6.45) is 7.68. The molecule has 5 rings (SSSR count). The zero-order valence-corrected chi connectivity index (χ0v) is 22.8. The van der Waals surface area contributed by atoms with Crippen molar-refractivity contribution >= 4 is 23.1 Å². The molecule has 1 N–H and O–H groups in total. The van der Waals surface area contributed by atoms with Gasteiger partial charge in [-0.05, 0) is 60.2 Å². The number of ketones is 1. The van der Waals surface area contributed by atoms with Gasteiger partial charge in [0.1, 0.15) is 0 Å². The van der Waals surface area contributed by atoms with Crippen molar-refractivity contribution in [2.24, 2.45) is 0 Å². The molecule has 1 aromatic heterocycles. The van der Waals surface area contributed by atoms with Gasteiger partial charge >= 0.3 is 0 Å². The molecule has 2 aromatic carbocycles. The molecule has 1 aliphatic heterocycles. The Labute approximate surface area is 229 Å². The number of unbranched alkanes of at least 4 members (excludes halogenated alkanes) is 2. The Hall–Kier alpha value is -4.13. The lowest BCUT2D eigenvalue weighted by Crippen LogP contribution is -2.38. The summed E-state index contributed by atoms with van der Waals surface area (Å²) in [5.74, 6) is 1.28. The van der Waals surface area contributed by atoms with E-state index in [2.05, 4.69) is 17.2 Å². The van der Waals surface area contributed by atoms with Crippen LogP contribution in [0.5, 0.6) is 11.5 Å². The fraction of sp³-hybridized carbons (Fsp3) is 0.344. The molecular formula is C32H35N3O4. The number of hydrogen-bond donors (Lipinski definition) is 1. The smallest absolute Gasteiger partial charge is 0.227 e. The van der Waals surface area contributed by atoms with E-state index in [1.54, 1.807) is 26.6 Å². The average Bonchev–Trinajstić information content (AvgIpc) is 3.12. The number of aromatic nitrogens is 1. The van der Waals surface area contributed by atoms with Gasteiger partial charge in [-0.2, -0.15) is 0 Å². The summed E-state index contributed by atoms with van der Waals surface area (Å²) in [7, 11) is 3.22. The number of carbonyl (C=O) groups is 2. The van der Waals surface area contributed by atoms with E-state index >= 15 is 0 Å². The molecule has 1 aliphatic carbocycles. The molecule has 7 nitrogen and oxygen atoms in total. The van der Waals surface area contributed by atoms with Crippen LogP contribution in [0, 0.1) is 0 Å². The standard InChI is InChI=1S/C32H35N3O4/c1-4-5-6-13-30(37)35-26-12-8-7-11-24(26)34-25-17-23(21-14-15-28(38-2)29(19-21)39-3)18-27(36)31(25)32(35)22-10-9-16-33-20-22/h7-12,14-16,19-20,23,32,34H,4-6,13,17-18H2,1-3H3/t23-,32-/m1/s1. The highest BCUT2D eigenvalue weighted by Crippen LogP contribution is 2.48. The third kappa shape index (κ3) is 5.26. The summed E-state index contributed by atoms with van der Waals surface area (Å²) in [4.78, 5) is 34.2. The highest BCUT2D eigenvalue weighted by Gasteiger charge is 2.41. The van der Waals surface area contributed by atoms with Crippen molar-refractivity contribution < 1.29 is 19.1 Å². The van der Waals surface area contributed by atoms with Crippen LogP contribution >= 0.6 is 0 Å². The number of para-hydroxylation sites is 2. The predicted octanol–water partition coefficient (Wildman–Crippen LogP) is 6.58. The minimum atomic E-state index is -0.558. The van der Waals surface area contributed by atoms with Crippen LogP contribution in [-0.2, 0) is 9.59 Å². The van der Waals surface area contributed by atoms with E-state index in [1.165, 1.54) is 0 Å². The van der Waals surface area contributed by atoms with Gasteiger partial charge in [-0.3, -0.25) is 19.5 Å². The topological polar surface area (TPSA) is 80.8 Å². The van der Waals surface area contributed by atoms with Crippen molar-refractivity contribution in [1.82, 2.24) is 4.98 Å². The van der Waals surface area contributed by atoms with E-state index in [4.69, 9.17) is 9.47 Å². The van der Waals surface area contributed by atoms with Crippen LogP contribution in [0.25, 0.3) is 0 Å². The van der Waals surface area contributed by atoms with Gasteiger partial charge in [-0.1, -0.05) is 44.0 Å². The van der Waals surface area contributed by atoms with E-state index in [1.807, 2.05) is 59.5 Å². The molecule has 2 atom stereocenters. The van der Waals surface area contributed by atoms with Crippen LogP contribution in [-0.4, -0.2) is 30.9 Å². The molecule has 7 heteroatoms. The van der Waals surface area contributed by atoms with Crippen molar-refractivity contribution in [1.29, 1.82) is 0 Å². The number of pyridine rings is 1. The van der Waals surface area contributed by atoms with E-state index in [9.17, 15) is 9.59 Å². The number of nitrogens with zero attached hydrogens (tertiary/aromatic N) is 2. The Morgan fingerprint density at radius 2 is 1.82 bits per heavy atom. The molecule has 2 aliphatic rings. The first-order valence-electron chi connectivity index (χ1n) is 13.6. The quantitative estimate of drug-likeness (QED) is 0.335. The van der Waals surface area contributed by atoms with Gasteiger partial charge in [0.05, 0.1) is 31.6 Å². The maximum atomic E-state index is 14.1. The van der Waals surface area contributed by atoms with Gasteiger partial charge in [0.15, 0.2) is 17.3 Å². The van der Waals surface area contributed by atoms with Crippen molar-refractivity contribution in [3.63, 3.8) is 0 Å². The summed E-state index contributed by atoms with van der Waals surface area (Å²) in [6.45, 7) is 2.13. The fourth-order valence-electron chi connectivity index (χ4n) is 5.71. The van der Waals surface area contributed by atoms with Crippen LogP contribution < -0.4 is 19.7 Å². The number of benzene rings is 2. The van der Waals surface area contributed by atoms with Gasteiger partial charge in [-0.15, -0.1) is 0 Å². The Morgan fingerprint density at radius 1 is 1.00 bits per heavy atom. The van der Waals surface area contributed by atoms with Gasteiger partial charge in [0.25, 0.3) is 0 Å². The van der Waals surface area contributed by atoms with Crippen LogP contribution in [0.15, 0.2) is 78.3 Å². The summed E-state index contributed by atoms with van der Waals surface area (Å²) in [5, 5.41) is 3.58. The normalized spacial score (nSPS) is 18.5. The maximum Gasteiger partial charge on any atom is 0.227 e. The van der Waals surface area contributed by atoms with Crippen molar-refractivity contribution in [3.05, 3.63) is 89.4 Å². The van der Waals surface area contributed by atoms with Crippen LogP contribution in [0.2, 0.25) is 0 Å². The second kappa shape index (κ2) is 11.7. The summed E-state index contributed by atoms with van der Waals surface area (Å²) < 4.78 is 11.0. The highest BCUT2D eigenvalue weighted by molar-refractivity contribution is 6.06. The number of rotatable bonds is 8. The van der Waals surface area contributed by atoms with Crippen molar-refractivity contribution in [2.45, 2.75) is 57.4 Å². The van der Waals surface area contributed by atoms with Gasteiger partial charge < -0.3 is 14.8 Å². The van der Waals surface area contributed by atoms with E-state index in [0.29, 0.717) is 36.3 Å². The highest BCUT2D eigenvalue weighted by atomic mass is 16.5. The minimum Gasteiger partial charge on any atom is -0.493 e. The second-order valence-corrected chi connectivity index (χ2v) is 10.1. The molecule has 0 saturated heterocycles. The maximum absolute atomic E-state index is 14.1. The number of carbonyl (C=O) groups excluding carboxylic acids is 2. The minimum absolute atomic E-state index is 0.00937. The number of fused-ring (bicyclic) bond motifs is 1. The summed E-state index contributed by atoms with van der Waals surface area (Å²) in [5.41, 5.74) is 4.91. The number of methoxy groups -OCH3 is 2. The van der Waals surface area contributed by atoms with Crippen LogP contribution in [0.1, 0.15) is 68.5 Å². The molecular weight excluding hydrogens is 490 g/mol. The monoisotopic (exact) mass is 525 g/mol. The number of anilines is 2. The predicted molar refractivity (Wildman–Crippen MR) is 152 cm³/mol. The lowest BCUT2D eigenvalue weighted by atomic mass is 9.78. The molecule has 0 spiro atoms. The van der Waals surface area contributed by atoms with E-state index < -0.39 is 6.04 Å². The number of allylic oxidation sites excluding steroid dienone is 1. The lowest BCUT2D eigenvalue weighted by Gasteiger charge is -2.35. The first-order valence-corrected chi connectivity index (χ1v) is 13.6. The number of hydrogen-bond acceptors (Lipinski definition) is 6. The van der Waals surface area contributed by atoms with Gasteiger partial charge in [0, 0.05) is 36.5 Å². The first-order chi connectivity index (χ1) is 19.0. The zero-order chi connectivity index (χ0) is 27.4. The van der Waals surface area contributed by atoms with Crippen molar-refractivity contribution in [2.75, 3.05) is 24.4 Å². The Morgan fingerprint density at radius 3 is 2.56 bits per heavy atom. The SMILES string of the molecule is CCCCCC(=O)N1c2ccccc2NC2=C(C(=O)C[C@H](c3ccc(OC)c(OC)c3)C2)[C@H]1c1cccnc1. The number of nitrogens with one attached hydrogen (secondary N) is 1. The molecule has 0 unspecified atom stereocenters. The Kier molecular flexibility index (Phi) is 7.96. The number of amides is 1. The molecule has 0 saturated carbocycles. The third-order valence-electron chi connectivity index (χ3n) is 7.63. The van der Waals surface area contributed by atoms with Gasteiger partial charge in [-0.25, -0.2) is 0 Å². The Balaban J connectivity index is 1.62. The van der Waals surface area contributed by atoms with Crippen LogP contribution in [0.4, 0.5) is 11.4 Å².